The Morgan fingerprint density at radius 3 is 2.60 bits per heavy atom. The number of alkyl carbamates (subject to hydrolysis) is 1. The number of nitrogens with zero attached hydrogens (tertiary/aromatic N) is 1. The summed E-state index contributed by atoms with van der Waals surface area (Å²) in [6, 6.07) is 7.53. The number of rotatable bonds is 6. The Kier molecular flexibility index (Phi) is 7.03. The van der Waals surface area contributed by atoms with Crippen molar-refractivity contribution in [3.8, 4) is 10.6 Å². The highest BCUT2D eigenvalue weighted by molar-refractivity contribution is 7.13. The summed E-state index contributed by atoms with van der Waals surface area (Å²) in [5.74, 6) is -0.0982. The van der Waals surface area contributed by atoms with Crippen molar-refractivity contribution in [3.63, 3.8) is 0 Å². The number of nitrogens with one attached hydrogen (secondary N) is 2. The largest absolute Gasteiger partial charge is 0.444 e. The van der Waals surface area contributed by atoms with Crippen LogP contribution < -0.4 is 10.6 Å². The average molecular weight is 450 g/mol. The number of carbonyl (C=O) groups is 2. The Morgan fingerprint density at radius 1 is 1.23 bits per heavy atom. The van der Waals surface area contributed by atoms with Gasteiger partial charge in [0.25, 0.3) is 0 Å². The lowest BCUT2D eigenvalue weighted by Gasteiger charge is -2.31. The predicted molar refractivity (Wildman–Crippen MR) is 120 cm³/mol. The number of aromatic nitrogens is 1. The van der Waals surface area contributed by atoms with Crippen LogP contribution in [0, 0.1) is 0 Å². The first-order valence-corrected chi connectivity index (χ1v) is 11.4. The van der Waals surface area contributed by atoms with Crippen LogP contribution in [0.15, 0.2) is 29.6 Å². The van der Waals surface area contributed by atoms with Crippen LogP contribution in [0.4, 0.5) is 4.79 Å². The van der Waals surface area contributed by atoms with Gasteiger partial charge in [-0.05, 0) is 39.7 Å². The van der Waals surface area contributed by atoms with Gasteiger partial charge in [0.2, 0.25) is 5.91 Å². The minimum atomic E-state index is -0.555. The predicted octanol–water partition coefficient (Wildman–Crippen LogP) is 4.96. The first kappa shape index (κ1) is 22.6. The molecule has 162 valence electrons. The first-order chi connectivity index (χ1) is 14.2. The molecule has 0 atom stereocenters. The molecule has 0 saturated heterocycles. The summed E-state index contributed by atoms with van der Waals surface area (Å²) in [6.07, 6.45) is 3.42. The van der Waals surface area contributed by atoms with Crippen molar-refractivity contribution < 1.29 is 14.3 Å². The topological polar surface area (TPSA) is 80.3 Å². The molecular weight excluding hydrogens is 422 g/mol. The summed E-state index contributed by atoms with van der Waals surface area (Å²) in [5.41, 5.74) is 0.584. The number of hydrogen-bond donors (Lipinski definition) is 2. The number of thiazole rings is 1. The van der Waals surface area contributed by atoms with E-state index in [2.05, 4.69) is 15.6 Å². The highest BCUT2D eigenvalue weighted by atomic mass is 35.5. The Balaban J connectivity index is 1.59. The molecule has 1 aliphatic carbocycles. The maximum Gasteiger partial charge on any atom is 0.407 e. The van der Waals surface area contributed by atoms with E-state index in [9.17, 15) is 9.59 Å². The van der Waals surface area contributed by atoms with Crippen molar-refractivity contribution in [2.75, 3.05) is 6.54 Å². The molecule has 1 aliphatic rings. The molecule has 8 heteroatoms. The third-order valence-electron chi connectivity index (χ3n) is 4.93. The summed E-state index contributed by atoms with van der Waals surface area (Å²) in [7, 11) is 0. The fourth-order valence-corrected chi connectivity index (χ4v) is 4.74. The molecule has 1 aromatic carbocycles. The Morgan fingerprint density at radius 2 is 1.93 bits per heavy atom. The quantitative estimate of drug-likeness (QED) is 0.653. The van der Waals surface area contributed by atoms with Crippen molar-refractivity contribution >= 4 is 34.9 Å². The van der Waals surface area contributed by atoms with Gasteiger partial charge in [-0.3, -0.25) is 4.79 Å². The van der Waals surface area contributed by atoms with Crippen LogP contribution in [0.3, 0.4) is 0 Å². The number of halogens is 1. The van der Waals surface area contributed by atoms with Crippen molar-refractivity contribution in [1.82, 2.24) is 15.6 Å². The average Bonchev–Trinajstić information content (AvgIpc) is 3.29. The molecule has 1 aromatic heterocycles. The number of benzene rings is 1. The van der Waals surface area contributed by atoms with Gasteiger partial charge in [-0.1, -0.05) is 42.6 Å². The van der Waals surface area contributed by atoms with Crippen LogP contribution in [-0.2, 0) is 16.0 Å². The molecule has 0 aliphatic heterocycles. The second-order valence-corrected chi connectivity index (χ2v) is 9.96. The molecule has 0 bridgehead atoms. The second-order valence-electron chi connectivity index (χ2n) is 8.69. The van der Waals surface area contributed by atoms with Crippen LogP contribution >= 0.6 is 22.9 Å². The normalized spacial score (nSPS) is 15.6. The summed E-state index contributed by atoms with van der Waals surface area (Å²) < 4.78 is 5.32. The van der Waals surface area contributed by atoms with Crippen LogP contribution in [0.25, 0.3) is 10.6 Å². The number of hydrogen-bond acceptors (Lipinski definition) is 5. The van der Waals surface area contributed by atoms with Gasteiger partial charge in [-0.15, -0.1) is 11.3 Å². The maximum atomic E-state index is 12.7. The van der Waals surface area contributed by atoms with E-state index in [0.717, 1.165) is 36.3 Å². The van der Waals surface area contributed by atoms with E-state index in [0.29, 0.717) is 17.3 Å². The first-order valence-electron chi connectivity index (χ1n) is 10.1. The lowest BCUT2D eigenvalue weighted by atomic mass is 9.97. The van der Waals surface area contributed by atoms with E-state index in [-0.39, 0.29) is 12.3 Å². The molecule has 1 saturated carbocycles. The fraction of sp³-hybridized carbons (Fsp3) is 0.500. The zero-order chi connectivity index (χ0) is 21.8. The van der Waals surface area contributed by atoms with Gasteiger partial charge in [0.15, 0.2) is 0 Å². The van der Waals surface area contributed by atoms with E-state index >= 15 is 0 Å². The van der Waals surface area contributed by atoms with Crippen molar-refractivity contribution in [2.45, 2.75) is 64.0 Å². The molecule has 2 N–H and O–H groups in total. The molecule has 2 amide bonds. The number of carbonyl (C=O) groups excluding carboxylic acids is 2. The Labute approximate surface area is 186 Å². The fourth-order valence-electron chi connectivity index (χ4n) is 3.60. The molecule has 0 radical (unpaired) electrons. The van der Waals surface area contributed by atoms with Crippen LogP contribution in [0.5, 0.6) is 0 Å². The lowest BCUT2D eigenvalue weighted by molar-refractivity contribution is -0.122. The monoisotopic (exact) mass is 449 g/mol. The zero-order valence-corrected chi connectivity index (χ0v) is 19.2. The molecular formula is C22H28ClN3O3S. The van der Waals surface area contributed by atoms with E-state index in [1.54, 1.807) is 0 Å². The summed E-state index contributed by atoms with van der Waals surface area (Å²) >= 11 is 7.72. The highest BCUT2D eigenvalue weighted by Gasteiger charge is 2.36. The van der Waals surface area contributed by atoms with E-state index in [4.69, 9.17) is 16.3 Å². The SMILES string of the molecule is CC(C)(C)OC(=O)NCC1(NC(=O)Cc2csc(-c3ccccc3Cl)n2)CCCC1. The van der Waals surface area contributed by atoms with Gasteiger partial charge in [0.1, 0.15) is 10.6 Å². The standard InChI is InChI=1S/C22H28ClN3O3S/c1-21(2,3)29-20(28)24-14-22(10-6-7-11-22)26-18(27)12-15-13-30-19(25-15)16-8-4-5-9-17(16)23/h4-5,8-9,13H,6-7,10-12,14H2,1-3H3,(H,24,28)(H,26,27). The van der Waals surface area contributed by atoms with Crippen LogP contribution in [0.2, 0.25) is 5.02 Å². The molecule has 0 spiro atoms. The van der Waals surface area contributed by atoms with Crippen molar-refractivity contribution in [3.05, 3.63) is 40.4 Å². The zero-order valence-electron chi connectivity index (χ0n) is 17.6. The number of ether oxygens (including phenoxy) is 1. The summed E-state index contributed by atoms with van der Waals surface area (Å²) in [6.45, 7) is 5.83. The molecule has 30 heavy (non-hydrogen) atoms. The number of amides is 2. The molecule has 0 unspecified atom stereocenters. The highest BCUT2D eigenvalue weighted by Crippen LogP contribution is 2.31. The maximum absolute atomic E-state index is 12.7. The van der Waals surface area contributed by atoms with Gasteiger partial charge < -0.3 is 15.4 Å². The molecule has 6 nitrogen and oxygen atoms in total. The van der Waals surface area contributed by atoms with Gasteiger partial charge >= 0.3 is 6.09 Å². The third kappa shape index (κ3) is 6.19. The van der Waals surface area contributed by atoms with Gasteiger partial charge in [-0.2, -0.15) is 0 Å². The van der Waals surface area contributed by atoms with Crippen LogP contribution in [-0.4, -0.2) is 34.7 Å². The smallest absolute Gasteiger partial charge is 0.407 e. The Hall–Kier alpha value is -2.12. The van der Waals surface area contributed by atoms with E-state index in [1.807, 2.05) is 50.4 Å². The minimum Gasteiger partial charge on any atom is -0.444 e. The lowest BCUT2D eigenvalue weighted by Crippen LogP contribution is -2.54. The molecule has 1 fully saturated rings. The Bertz CT molecular complexity index is 901. The van der Waals surface area contributed by atoms with Gasteiger partial charge in [0, 0.05) is 17.5 Å². The van der Waals surface area contributed by atoms with Crippen LogP contribution in [0.1, 0.15) is 52.1 Å². The van der Waals surface area contributed by atoms with Crippen molar-refractivity contribution in [2.24, 2.45) is 0 Å². The minimum absolute atomic E-state index is 0.0982. The third-order valence-corrected chi connectivity index (χ3v) is 6.19. The second kappa shape index (κ2) is 9.35. The van der Waals surface area contributed by atoms with Gasteiger partial charge in [-0.25, -0.2) is 9.78 Å². The summed E-state index contributed by atoms with van der Waals surface area (Å²) in [4.78, 5) is 29.4. The van der Waals surface area contributed by atoms with E-state index < -0.39 is 17.2 Å². The van der Waals surface area contributed by atoms with Crippen molar-refractivity contribution in [1.29, 1.82) is 0 Å². The van der Waals surface area contributed by atoms with E-state index in [1.165, 1.54) is 11.3 Å². The summed E-state index contributed by atoms with van der Waals surface area (Å²) in [5, 5.41) is 9.29. The molecule has 3 rings (SSSR count). The molecule has 1 heterocycles. The van der Waals surface area contributed by atoms with Gasteiger partial charge in [0.05, 0.1) is 22.7 Å². The molecule has 2 aromatic rings.